The van der Waals surface area contributed by atoms with Crippen molar-refractivity contribution in [3.8, 4) is 11.8 Å². The van der Waals surface area contributed by atoms with Gasteiger partial charge in [0.1, 0.15) is 17.8 Å². The van der Waals surface area contributed by atoms with E-state index in [-0.39, 0.29) is 17.9 Å². The average molecular weight is 333 g/mol. The molecule has 1 aromatic carbocycles. The number of ether oxygens (including phenoxy) is 2. The topological polar surface area (TPSA) is 93.5 Å². The van der Waals surface area contributed by atoms with E-state index in [1.165, 1.54) is 26.0 Å². The minimum absolute atomic E-state index is 0.0620. The summed E-state index contributed by atoms with van der Waals surface area (Å²) in [7, 11) is 0. The Labute approximate surface area is 138 Å². The van der Waals surface area contributed by atoms with Crippen LogP contribution in [0, 0.1) is 23.2 Å². The van der Waals surface area contributed by atoms with E-state index in [1.54, 1.807) is 12.1 Å². The molecule has 0 spiro atoms. The molecule has 7 heteroatoms. The Morgan fingerprint density at radius 2 is 2.08 bits per heavy atom. The summed E-state index contributed by atoms with van der Waals surface area (Å²) in [6, 6.07) is 8.12. The highest BCUT2D eigenvalue weighted by atomic mass is 19.1. The van der Waals surface area contributed by atoms with Crippen LogP contribution >= 0.6 is 0 Å². The number of halogens is 1. The van der Waals surface area contributed by atoms with Crippen LogP contribution in [0.4, 0.5) is 4.39 Å². The summed E-state index contributed by atoms with van der Waals surface area (Å²) in [5, 5.41) is 9.27. The molecule has 1 aromatic rings. The van der Waals surface area contributed by atoms with Crippen molar-refractivity contribution < 1.29 is 28.2 Å². The third-order valence-corrected chi connectivity index (χ3v) is 3.85. The van der Waals surface area contributed by atoms with Gasteiger partial charge in [-0.2, -0.15) is 5.26 Å². The molecular weight excluding hydrogens is 317 g/mol. The van der Waals surface area contributed by atoms with Crippen molar-refractivity contribution >= 4 is 17.5 Å². The molecule has 0 aromatic heterocycles. The van der Waals surface area contributed by atoms with E-state index in [0.29, 0.717) is 0 Å². The van der Waals surface area contributed by atoms with Crippen LogP contribution in [0.1, 0.15) is 24.2 Å². The van der Waals surface area contributed by atoms with Crippen LogP contribution in [0.3, 0.4) is 0 Å². The largest absolute Gasteiger partial charge is 0.487 e. The number of esters is 1. The lowest BCUT2D eigenvalue weighted by Gasteiger charge is -2.32. The fourth-order valence-electron chi connectivity index (χ4n) is 2.55. The fourth-order valence-corrected chi connectivity index (χ4v) is 2.55. The maximum Gasteiger partial charge on any atom is 0.348 e. The molecule has 24 heavy (non-hydrogen) atoms. The zero-order valence-electron chi connectivity index (χ0n) is 13.2. The summed E-state index contributed by atoms with van der Waals surface area (Å²) in [4.78, 5) is 35.9. The third-order valence-electron chi connectivity index (χ3n) is 3.85. The first kappa shape index (κ1) is 17.6. The molecule has 6 nitrogen and oxygen atoms in total. The van der Waals surface area contributed by atoms with E-state index in [1.807, 2.05) is 6.07 Å². The number of hydrogen-bond acceptors (Lipinski definition) is 6. The summed E-state index contributed by atoms with van der Waals surface area (Å²) in [5.41, 5.74) is 0.238. The predicted molar refractivity (Wildman–Crippen MR) is 80.0 cm³/mol. The second-order valence-electron chi connectivity index (χ2n) is 5.36. The molecular formula is C17H16FNO5. The number of Topliss-reactive ketones (excluding diaryl/α,β-unsaturated/α-hetero) is 2. The molecule has 4 atom stereocenters. The van der Waals surface area contributed by atoms with E-state index < -0.39 is 41.6 Å². The van der Waals surface area contributed by atoms with E-state index in [9.17, 15) is 24.0 Å². The third kappa shape index (κ3) is 3.13. The van der Waals surface area contributed by atoms with Gasteiger partial charge in [-0.25, -0.2) is 9.18 Å². The van der Waals surface area contributed by atoms with Gasteiger partial charge < -0.3 is 9.47 Å². The number of carbonyl (C=O) groups excluding carboxylic acids is 3. The number of carbonyl (C=O) groups is 3. The predicted octanol–water partition coefficient (Wildman–Crippen LogP) is 1.88. The van der Waals surface area contributed by atoms with Gasteiger partial charge in [-0.3, -0.25) is 9.59 Å². The Kier molecular flexibility index (Phi) is 5.29. The molecule has 1 heterocycles. The molecule has 0 N–H and O–H groups in total. The van der Waals surface area contributed by atoms with Crippen molar-refractivity contribution in [1.82, 2.24) is 0 Å². The van der Waals surface area contributed by atoms with Crippen molar-refractivity contribution in [2.45, 2.75) is 26.1 Å². The number of nitrogens with zero attached hydrogens (tertiary/aromatic N) is 1. The SMILES string of the molecule is CCOC(=O)C(F)C(=O)C(C)C1Oc2ccccc2C(=O)C1C#N. The van der Waals surface area contributed by atoms with Gasteiger partial charge >= 0.3 is 5.97 Å². The second-order valence-corrected chi connectivity index (χ2v) is 5.36. The molecule has 0 amide bonds. The smallest absolute Gasteiger partial charge is 0.348 e. The Morgan fingerprint density at radius 3 is 2.71 bits per heavy atom. The monoisotopic (exact) mass is 333 g/mol. The second kappa shape index (κ2) is 7.21. The first-order chi connectivity index (χ1) is 11.4. The standard InChI is InChI=1S/C17H16FNO5/c1-3-23-17(22)13(18)14(20)9(2)16-11(8-19)15(21)10-6-4-5-7-12(10)24-16/h4-7,9,11,13,16H,3H2,1-2H3. The lowest BCUT2D eigenvalue weighted by molar-refractivity contribution is -0.154. The zero-order valence-corrected chi connectivity index (χ0v) is 13.2. The number of para-hydroxylation sites is 1. The molecule has 0 radical (unpaired) electrons. The summed E-state index contributed by atoms with van der Waals surface area (Å²) >= 11 is 0. The summed E-state index contributed by atoms with van der Waals surface area (Å²) < 4.78 is 24.0. The summed E-state index contributed by atoms with van der Waals surface area (Å²) in [5.74, 6) is -5.06. The summed E-state index contributed by atoms with van der Waals surface area (Å²) in [6.07, 6.45) is -3.65. The Hall–Kier alpha value is -2.75. The minimum Gasteiger partial charge on any atom is -0.487 e. The van der Waals surface area contributed by atoms with Crippen LogP contribution in [0.25, 0.3) is 0 Å². The van der Waals surface area contributed by atoms with Crippen molar-refractivity contribution in [3.05, 3.63) is 29.8 Å². The van der Waals surface area contributed by atoms with Crippen LogP contribution < -0.4 is 4.74 Å². The number of rotatable bonds is 5. The molecule has 1 aliphatic rings. The molecule has 0 saturated carbocycles. The van der Waals surface area contributed by atoms with E-state index in [2.05, 4.69) is 4.74 Å². The van der Waals surface area contributed by atoms with Gasteiger partial charge in [0, 0.05) is 0 Å². The average Bonchev–Trinajstić information content (AvgIpc) is 2.60. The van der Waals surface area contributed by atoms with Crippen molar-refractivity contribution in [2.75, 3.05) is 6.61 Å². The van der Waals surface area contributed by atoms with Crippen molar-refractivity contribution in [3.63, 3.8) is 0 Å². The van der Waals surface area contributed by atoms with E-state index in [4.69, 9.17) is 4.74 Å². The Morgan fingerprint density at radius 1 is 1.42 bits per heavy atom. The van der Waals surface area contributed by atoms with Crippen molar-refractivity contribution in [2.24, 2.45) is 11.8 Å². The van der Waals surface area contributed by atoms with E-state index >= 15 is 0 Å². The Balaban J connectivity index is 2.27. The number of alkyl halides is 1. The first-order valence-electron chi connectivity index (χ1n) is 7.46. The van der Waals surface area contributed by atoms with Crippen LogP contribution in [-0.4, -0.2) is 36.4 Å². The molecule has 0 saturated heterocycles. The minimum atomic E-state index is -2.48. The molecule has 2 rings (SSSR count). The van der Waals surface area contributed by atoms with Gasteiger partial charge in [-0.1, -0.05) is 19.1 Å². The summed E-state index contributed by atoms with van der Waals surface area (Å²) in [6.45, 7) is 2.75. The number of benzene rings is 1. The maximum atomic E-state index is 14.0. The lowest BCUT2D eigenvalue weighted by atomic mass is 9.82. The van der Waals surface area contributed by atoms with Gasteiger partial charge in [0.15, 0.2) is 11.6 Å². The van der Waals surface area contributed by atoms with Gasteiger partial charge in [0.2, 0.25) is 0 Å². The van der Waals surface area contributed by atoms with Crippen LogP contribution in [-0.2, 0) is 14.3 Å². The van der Waals surface area contributed by atoms with E-state index in [0.717, 1.165) is 0 Å². The lowest BCUT2D eigenvalue weighted by Crippen LogP contribution is -2.46. The van der Waals surface area contributed by atoms with Crippen molar-refractivity contribution in [1.29, 1.82) is 5.26 Å². The normalized spacial score (nSPS) is 21.7. The van der Waals surface area contributed by atoms with Gasteiger partial charge in [-0.15, -0.1) is 0 Å². The number of hydrogen-bond donors (Lipinski definition) is 0. The highest BCUT2D eigenvalue weighted by Crippen LogP contribution is 2.34. The quantitative estimate of drug-likeness (QED) is 0.603. The van der Waals surface area contributed by atoms with Crippen LogP contribution in [0.5, 0.6) is 5.75 Å². The fraction of sp³-hybridized carbons (Fsp3) is 0.412. The maximum absolute atomic E-state index is 14.0. The molecule has 0 aliphatic carbocycles. The van der Waals surface area contributed by atoms with Gasteiger partial charge in [-0.05, 0) is 19.1 Å². The molecule has 0 fully saturated rings. The highest BCUT2D eigenvalue weighted by Gasteiger charge is 2.45. The zero-order chi connectivity index (χ0) is 17.9. The molecule has 1 aliphatic heterocycles. The van der Waals surface area contributed by atoms with Gasteiger partial charge in [0.05, 0.1) is 24.2 Å². The molecule has 126 valence electrons. The number of ketones is 2. The Bertz CT molecular complexity index is 711. The van der Waals surface area contributed by atoms with Crippen LogP contribution in [0.2, 0.25) is 0 Å². The molecule has 0 bridgehead atoms. The number of fused-ring (bicyclic) bond motifs is 1. The highest BCUT2D eigenvalue weighted by molar-refractivity contribution is 6.05. The molecule has 4 unspecified atom stereocenters. The van der Waals surface area contributed by atoms with Crippen LogP contribution in [0.15, 0.2) is 24.3 Å². The van der Waals surface area contributed by atoms with Gasteiger partial charge in [0.25, 0.3) is 6.17 Å². The number of nitriles is 1. The first-order valence-corrected chi connectivity index (χ1v) is 7.46.